The molecule has 1 fully saturated rings. The van der Waals surface area contributed by atoms with Gasteiger partial charge in [0, 0.05) is 18.0 Å². The molecule has 0 bridgehead atoms. The van der Waals surface area contributed by atoms with E-state index in [-0.39, 0.29) is 12.5 Å². The summed E-state index contributed by atoms with van der Waals surface area (Å²) >= 11 is 12.4. The van der Waals surface area contributed by atoms with Crippen LogP contribution in [0.5, 0.6) is 5.75 Å². The summed E-state index contributed by atoms with van der Waals surface area (Å²) in [5.74, 6) is 0.436. The standard InChI is InChI=1S/C15H15Cl2NO4/c1-15(7-19)11-5-8(6-18(11)14(20)22-15)12-10(21-2)4-3-9(16)13(12)17/h3-5,8,19H,6-7H2,1-2H3/t8-,15?/m0/s1. The molecule has 0 spiro atoms. The van der Waals surface area contributed by atoms with Gasteiger partial charge in [-0.25, -0.2) is 4.79 Å². The number of aliphatic hydroxyl groups excluding tert-OH is 1. The molecule has 2 aliphatic heterocycles. The van der Waals surface area contributed by atoms with Crippen molar-refractivity contribution in [2.45, 2.75) is 18.4 Å². The molecule has 2 heterocycles. The average molecular weight is 344 g/mol. The van der Waals surface area contributed by atoms with Crippen molar-refractivity contribution in [3.63, 3.8) is 0 Å². The van der Waals surface area contributed by atoms with Crippen molar-refractivity contribution in [1.29, 1.82) is 0 Å². The third-order valence-corrected chi connectivity index (χ3v) is 4.91. The van der Waals surface area contributed by atoms with Gasteiger partial charge in [-0.05, 0) is 19.1 Å². The Morgan fingerprint density at radius 1 is 1.50 bits per heavy atom. The summed E-state index contributed by atoms with van der Waals surface area (Å²) in [5, 5.41) is 10.4. The van der Waals surface area contributed by atoms with Crippen LogP contribution in [0.15, 0.2) is 23.9 Å². The lowest BCUT2D eigenvalue weighted by atomic mass is 9.96. The quantitative estimate of drug-likeness (QED) is 0.915. The number of benzene rings is 1. The molecule has 5 nitrogen and oxygen atoms in total. The first-order valence-corrected chi connectivity index (χ1v) is 7.52. The van der Waals surface area contributed by atoms with Gasteiger partial charge in [0.1, 0.15) is 5.75 Å². The number of cyclic esters (lactones) is 1. The van der Waals surface area contributed by atoms with Gasteiger partial charge in [-0.2, -0.15) is 0 Å². The number of carbonyl (C=O) groups excluding carboxylic acids is 1. The van der Waals surface area contributed by atoms with Gasteiger partial charge in [-0.3, -0.25) is 4.90 Å². The highest BCUT2D eigenvalue weighted by molar-refractivity contribution is 6.42. The summed E-state index contributed by atoms with van der Waals surface area (Å²) < 4.78 is 10.6. The predicted octanol–water partition coefficient (Wildman–Crippen LogP) is 3.19. The monoisotopic (exact) mass is 343 g/mol. The molecule has 1 amide bonds. The molecular weight excluding hydrogens is 329 g/mol. The van der Waals surface area contributed by atoms with Crippen molar-refractivity contribution in [3.8, 4) is 5.75 Å². The largest absolute Gasteiger partial charge is 0.496 e. The first kappa shape index (κ1) is 15.5. The Hall–Kier alpha value is -1.43. The highest BCUT2D eigenvalue weighted by Gasteiger charge is 2.50. The van der Waals surface area contributed by atoms with E-state index in [2.05, 4.69) is 0 Å². The van der Waals surface area contributed by atoms with E-state index in [1.807, 2.05) is 6.08 Å². The normalized spacial score (nSPS) is 26.8. The van der Waals surface area contributed by atoms with Crippen molar-refractivity contribution in [2.24, 2.45) is 0 Å². The molecule has 1 aromatic rings. The number of methoxy groups -OCH3 is 1. The van der Waals surface area contributed by atoms with Gasteiger partial charge in [0.2, 0.25) is 0 Å². The third-order valence-electron chi connectivity index (χ3n) is 4.09. The molecule has 0 radical (unpaired) electrons. The van der Waals surface area contributed by atoms with E-state index in [0.29, 0.717) is 28.0 Å². The van der Waals surface area contributed by atoms with Gasteiger partial charge >= 0.3 is 6.09 Å². The lowest BCUT2D eigenvalue weighted by molar-refractivity contribution is 0.0340. The zero-order valence-electron chi connectivity index (χ0n) is 12.1. The summed E-state index contributed by atoms with van der Waals surface area (Å²) in [6.07, 6.45) is 1.41. The zero-order chi connectivity index (χ0) is 16.1. The Bertz CT molecular complexity index is 676. The summed E-state index contributed by atoms with van der Waals surface area (Å²) in [4.78, 5) is 13.5. The van der Waals surface area contributed by atoms with Crippen LogP contribution in [-0.2, 0) is 4.74 Å². The van der Waals surface area contributed by atoms with Crippen LogP contribution in [-0.4, -0.2) is 42.0 Å². The van der Waals surface area contributed by atoms with E-state index in [0.717, 1.165) is 5.56 Å². The van der Waals surface area contributed by atoms with Gasteiger partial charge in [0.05, 0.1) is 29.5 Å². The minimum Gasteiger partial charge on any atom is -0.496 e. The van der Waals surface area contributed by atoms with Gasteiger partial charge in [0.15, 0.2) is 5.60 Å². The molecular formula is C15H15Cl2NO4. The second kappa shape index (κ2) is 5.33. The number of amides is 1. The van der Waals surface area contributed by atoms with Crippen molar-refractivity contribution in [2.75, 3.05) is 20.3 Å². The minimum atomic E-state index is -1.02. The Morgan fingerprint density at radius 2 is 2.23 bits per heavy atom. The topological polar surface area (TPSA) is 59.0 Å². The first-order valence-electron chi connectivity index (χ1n) is 6.77. The van der Waals surface area contributed by atoms with Crippen LogP contribution < -0.4 is 4.74 Å². The number of hydrogen-bond acceptors (Lipinski definition) is 4. The molecule has 0 aliphatic carbocycles. The number of halogens is 2. The van der Waals surface area contributed by atoms with Crippen LogP contribution in [0.4, 0.5) is 4.79 Å². The number of carbonyl (C=O) groups is 1. The molecule has 0 saturated carbocycles. The van der Waals surface area contributed by atoms with Gasteiger partial charge < -0.3 is 14.6 Å². The van der Waals surface area contributed by atoms with Crippen LogP contribution in [0.2, 0.25) is 10.0 Å². The number of rotatable bonds is 3. The van der Waals surface area contributed by atoms with E-state index >= 15 is 0 Å². The number of fused-ring (bicyclic) bond motifs is 1. The molecule has 1 N–H and O–H groups in total. The average Bonchev–Trinajstić information content (AvgIpc) is 3.03. The second-order valence-corrected chi connectivity index (χ2v) is 6.29. The van der Waals surface area contributed by atoms with Crippen molar-refractivity contribution in [3.05, 3.63) is 39.5 Å². The van der Waals surface area contributed by atoms with Gasteiger partial charge in [-0.1, -0.05) is 29.3 Å². The van der Waals surface area contributed by atoms with Crippen LogP contribution in [0.3, 0.4) is 0 Å². The van der Waals surface area contributed by atoms with E-state index < -0.39 is 11.7 Å². The maximum atomic E-state index is 12.0. The maximum Gasteiger partial charge on any atom is 0.415 e. The molecule has 0 aromatic heterocycles. The Balaban J connectivity index is 2.07. The zero-order valence-corrected chi connectivity index (χ0v) is 13.6. The molecule has 118 valence electrons. The molecule has 22 heavy (non-hydrogen) atoms. The number of ether oxygens (including phenoxy) is 2. The number of nitrogens with zero attached hydrogens (tertiary/aromatic N) is 1. The molecule has 7 heteroatoms. The van der Waals surface area contributed by atoms with Gasteiger partial charge in [-0.15, -0.1) is 0 Å². The molecule has 1 saturated heterocycles. The van der Waals surface area contributed by atoms with Crippen LogP contribution in [0.25, 0.3) is 0 Å². The fraction of sp³-hybridized carbons (Fsp3) is 0.400. The highest BCUT2D eigenvalue weighted by Crippen LogP contribution is 2.46. The van der Waals surface area contributed by atoms with Crippen LogP contribution >= 0.6 is 23.2 Å². The predicted molar refractivity (Wildman–Crippen MR) is 82.5 cm³/mol. The lowest BCUT2D eigenvalue weighted by Gasteiger charge is -2.19. The summed E-state index contributed by atoms with van der Waals surface area (Å²) in [6, 6.07) is 3.41. The number of hydrogen-bond donors (Lipinski definition) is 1. The van der Waals surface area contributed by atoms with Crippen molar-refractivity contribution >= 4 is 29.3 Å². The van der Waals surface area contributed by atoms with Gasteiger partial charge in [0.25, 0.3) is 0 Å². The summed E-state index contributed by atoms with van der Waals surface area (Å²) in [7, 11) is 1.55. The van der Waals surface area contributed by atoms with Crippen molar-refractivity contribution < 1.29 is 19.4 Å². The van der Waals surface area contributed by atoms with Crippen LogP contribution in [0.1, 0.15) is 18.4 Å². The molecule has 3 rings (SSSR count). The molecule has 2 aliphatic rings. The Labute approximate surface area is 138 Å². The fourth-order valence-electron chi connectivity index (χ4n) is 2.92. The second-order valence-electron chi connectivity index (χ2n) is 5.50. The molecule has 1 aromatic carbocycles. The van der Waals surface area contributed by atoms with Crippen LogP contribution in [0, 0.1) is 0 Å². The van der Waals surface area contributed by atoms with E-state index in [1.165, 1.54) is 4.90 Å². The maximum absolute atomic E-state index is 12.0. The molecule has 2 atom stereocenters. The summed E-state index contributed by atoms with van der Waals surface area (Å²) in [5.41, 5.74) is 0.346. The Kier molecular flexibility index (Phi) is 3.75. The smallest absolute Gasteiger partial charge is 0.415 e. The van der Waals surface area contributed by atoms with E-state index in [9.17, 15) is 9.90 Å². The SMILES string of the molecule is COc1ccc(Cl)c(Cl)c1[C@H]1C=C2N(C1)C(=O)OC2(C)CO. The van der Waals surface area contributed by atoms with Crippen molar-refractivity contribution in [1.82, 2.24) is 4.90 Å². The van der Waals surface area contributed by atoms with E-state index in [1.54, 1.807) is 26.2 Å². The first-order chi connectivity index (χ1) is 10.4. The third kappa shape index (κ3) is 2.16. The molecule has 1 unspecified atom stereocenters. The lowest BCUT2D eigenvalue weighted by Crippen LogP contribution is -2.31. The highest BCUT2D eigenvalue weighted by atomic mass is 35.5. The number of aliphatic hydroxyl groups is 1. The Morgan fingerprint density at radius 3 is 2.86 bits per heavy atom. The van der Waals surface area contributed by atoms with E-state index in [4.69, 9.17) is 32.7 Å². The summed E-state index contributed by atoms with van der Waals surface area (Å²) in [6.45, 7) is 1.77. The minimum absolute atomic E-state index is 0.171. The fourth-order valence-corrected chi connectivity index (χ4v) is 3.38.